The Morgan fingerprint density at radius 2 is 1.19 bits per heavy atom. The summed E-state index contributed by atoms with van der Waals surface area (Å²) in [6, 6.07) is 43.2. The van der Waals surface area contributed by atoms with Crippen LogP contribution in [0.4, 0.5) is 11.4 Å². The number of carbonyl (C=O) groups excluding carboxylic acids is 1. The molecular formula is C34H25N3O4P+. The van der Waals surface area contributed by atoms with Gasteiger partial charge in [0.2, 0.25) is 5.78 Å². The van der Waals surface area contributed by atoms with Crippen LogP contribution in [0.15, 0.2) is 160 Å². The van der Waals surface area contributed by atoms with Gasteiger partial charge in [0.15, 0.2) is 0 Å². The fraction of sp³-hybridized carbons (Fsp3) is 0.0294. The molecule has 0 aliphatic rings. The van der Waals surface area contributed by atoms with E-state index in [1.807, 2.05) is 115 Å². The van der Waals surface area contributed by atoms with Crippen LogP contribution in [0.3, 0.4) is 0 Å². The van der Waals surface area contributed by atoms with E-state index in [2.05, 4.69) is 5.11 Å². The third kappa shape index (κ3) is 4.91. The summed E-state index contributed by atoms with van der Waals surface area (Å²) in [7, 11) is -2.86. The molecule has 0 aliphatic carbocycles. The molecule has 0 saturated carbocycles. The Kier molecular flexibility index (Phi) is 7.50. The number of benzene rings is 5. The molecule has 42 heavy (non-hydrogen) atoms. The van der Waals surface area contributed by atoms with E-state index in [0.29, 0.717) is 22.2 Å². The highest BCUT2D eigenvalue weighted by Crippen LogP contribution is 2.61. The first-order valence-electron chi connectivity index (χ1n) is 13.3. The van der Waals surface area contributed by atoms with Crippen LogP contribution in [-0.4, -0.2) is 16.5 Å². The fourth-order valence-corrected chi connectivity index (χ4v) is 9.60. The maximum Gasteiger partial charge on any atom is 0.269 e. The Hall–Kier alpha value is -5.26. The van der Waals surface area contributed by atoms with Crippen LogP contribution >= 0.6 is 7.26 Å². The Balaban J connectivity index is 1.64. The largest absolute Gasteiger partial charge is 0.464 e. The zero-order valence-electron chi connectivity index (χ0n) is 22.4. The quantitative estimate of drug-likeness (QED) is 0.0587. The molecule has 6 aromatic rings. The summed E-state index contributed by atoms with van der Waals surface area (Å²) in [6.07, 6.45) is 1.50. The zero-order chi connectivity index (χ0) is 28.9. The summed E-state index contributed by atoms with van der Waals surface area (Å²) < 4.78 is 5.80. The topological polar surface area (TPSA) is 98.1 Å². The van der Waals surface area contributed by atoms with Crippen molar-refractivity contribution in [2.75, 3.05) is 0 Å². The number of hydrogen-bond donors (Lipinski definition) is 0. The van der Waals surface area contributed by atoms with Crippen molar-refractivity contribution in [2.24, 2.45) is 10.2 Å². The van der Waals surface area contributed by atoms with Crippen LogP contribution in [0, 0.1) is 10.1 Å². The smallest absolute Gasteiger partial charge is 0.269 e. The highest BCUT2D eigenvalue weighted by molar-refractivity contribution is 7.96. The lowest BCUT2D eigenvalue weighted by molar-refractivity contribution is -0.384. The first-order valence-corrected chi connectivity index (χ1v) is 15.2. The second-order valence-corrected chi connectivity index (χ2v) is 13.1. The van der Waals surface area contributed by atoms with Crippen molar-refractivity contribution in [3.8, 4) is 0 Å². The lowest BCUT2D eigenvalue weighted by Gasteiger charge is -2.31. The van der Waals surface area contributed by atoms with Crippen LogP contribution in [-0.2, 0) is 0 Å². The van der Waals surface area contributed by atoms with Gasteiger partial charge in [0.1, 0.15) is 35.0 Å². The lowest BCUT2D eigenvalue weighted by Crippen LogP contribution is -2.41. The number of carbonyl (C=O) groups is 1. The summed E-state index contributed by atoms with van der Waals surface area (Å²) in [4.78, 5) is 25.6. The van der Waals surface area contributed by atoms with E-state index >= 15 is 0 Å². The van der Waals surface area contributed by atoms with E-state index in [1.165, 1.54) is 30.5 Å². The first-order chi connectivity index (χ1) is 20.6. The van der Waals surface area contributed by atoms with Gasteiger partial charge in [-0.3, -0.25) is 14.9 Å². The molecule has 204 valence electrons. The van der Waals surface area contributed by atoms with Gasteiger partial charge >= 0.3 is 0 Å². The van der Waals surface area contributed by atoms with E-state index in [9.17, 15) is 14.9 Å². The Morgan fingerprint density at radius 3 is 1.71 bits per heavy atom. The lowest BCUT2D eigenvalue weighted by atomic mass is 10.1. The second-order valence-electron chi connectivity index (χ2n) is 9.60. The summed E-state index contributed by atoms with van der Waals surface area (Å²) in [5.74, 6) is -1.20. The number of fused-ring (bicyclic) bond motifs is 1. The van der Waals surface area contributed by atoms with Crippen LogP contribution in [0.1, 0.15) is 10.4 Å². The van der Waals surface area contributed by atoms with Crippen LogP contribution in [0.5, 0.6) is 0 Å². The van der Waals surface area contributed by atoms with Crippen molar-refractivity contribution in [1.82, 2.24) is 0 Å². The van der Waals surface area contributed by atoms with Crippen molar-refractivity contribution in [2.45, 2.75) is 5.78 Å². The van der Waals surface area contributed by atoms with E-state index < -0.39 is 18.0 Å². The minimum absolute atomic E-state index is 0.0499. The molecule has 0 saturated heterocycles. The highest BCUT2D eigenvalue weighted by Gasteiger charge is 2.57. The Labute approximate surface area is 242 Å². The van der Waals surface area contributed by atoms with Gasteiger partial charge in [-0.15, -0.1) is 5.11 Å². The van der Waals surface area contributed by atoms with E-state index in [0.717, 1.165) is 15.9 Å². The summed E-state index contributed by atoms with van der Waals surface area (Å²) in [5, 5.41) is 24.2. The standard InChI is InChI=1S/C34H25N3O4P/c38-33(31-24-41-32-19-11-10-18-30(31)32)34(36-35-25-20-22-26(23-21-25)37(39)40)42(27-12-4-1-5-13-27,28-14-6-2-7-15-28)29-16-8-3-9-17-29/h1-24,34H/q+1. The van der Waals surface area contributed by atoms with Gasteiger partial charge in [0.25, 0.3) is 11.5 Å². The predicted molar refractivity (Wildman–Crippen MR) is 167 cm³/mol. The highest BCUT2D eigenvalue weighted by atomic mass is 31.2. The van der Waals surface area contributed by atoms with Crippen molar-refractivity contribution in [3.05, 3.63) is 161 Å². The number of nitro groups is 1. The summed E-state index contributed by atoms with van der Waals surface area (Å²) in [6.45, 7) is 0. The number of non-ortho nitro benzene ring substituents is 1. The minimum atomic E-state index is -2.86. The van der Waals surface area contributed by atoms with Gasteiger partial charge in [0, 0.05) is 17.5 Å². The van der Waals surface area contributed by atoms with Gasteiger partial charge in [-0.2, -0.15) is 5.11 Å². The fourth-order valence-electron chi connectivity index (χ4n) is 5.24. The average molecular weight is 571 g/mol. The van der Waals surface area contributed by atoms with Crippen molar-refractivity contribution < 1.29 is 14.1 Å². The molecule has 1 unspecified atom stereocenters. The maximum atomic E-state index is 14.9. The Morgan fingerprint density at radius 1 is 0.690 bits per heavy atom. The molecule has 0 bridgehead atoms. The number of azo groups is 1. The van der Waals surface area contributed by atoms with Crippen LogP contribution in [0.25, 0.3) is 11.0 Å². The number of Topliss-reactive ketones (excluding diaryl/α,β-unsaturated/α-hetero) is 1. The molecule has 6 rings (SSSR count). The second kappa shape index (κ2) is 11.7. The molecule has 1 heterocycles. The number of hydrogen-bond acceptors (Lipinski definition) is 6. The van der Waals surface area contributed by atoms with Crippen LogP contribution < -0.4 is 15.9 Å². The van der Waals surface area contributed by atoms with Gasteiger partial charge in [-0.05, 0) is 54.6 Å². The number of ketones is 1. The van der Waals surface area contributed by atoms with Gasteiger partial charge in [-0.25, -0.2) is 0 Å². The van der Waals surface area contributed by atoms with E-state index in [4.69, 9.17) is 9.53 Å². The molecule has 1 atom stereocenters. The van der Waals surface area contributed by atoms with Gasteiger partial charge in [-0.1, -0.05) is 72.8 Å². The van der Waals surface area contributed by atoms with Crippen LogP contribution in [0.2, 0.25) is 0 Å². The number of rotatable bonds is 9. The van der Waals surface area contributed by atoms with Gasteiger partial charge in [0.05, 0.1) is 16.2 Å². The third-order valence-corrected chi connectivity index (χ3v) is 11.6. The normalized spacial score (nSPS) is 12.4. The molecule has 5 aromatic carbocycles. The molecule has 0 radical (unpaired) electrons. The minimum Gasteiger partial charge on any atom is -0.464 e. The molecule has 0 N–H and O–H groups in total. The monoisotopic (exact) mass is 570 g/mol. The molecule has 0 aliphatic heterocycles. The number of nitro benzene ring substituents is 1. The number of nitrogens with zero attached hydrogens (tertiary/aromatic N) is 3. The van der Waals surface area contributed by atoms with Crippen molar-refractivity contribution in [1.29, 1.82) is 0 Å². The number of furan rings is 1. The third-order valence-electron chi connectivity index (χ3n) is 7.18. The molecule has 8 heteroatoms. The molecule has 7 nitrogen and oxygen atoms in total. The zero-order valence-corrected chi connectivity index (χ0v) is 23.3. The average Bonchev–Trinajstić information content (AvgIpc) is 3.49. The Bertz CT molecular complexity index is 1780. The van der Waals surface area contributed by atoms with Crippen molar-refractivity contribution >= 4 is 51.3 Å². The van der Waals surface area contributed by atoms with Crippen molar-refractivity contribution in [3.63, 3.8) is 0 Å². The summed E-state index contributed by atoms with van der Waals surface area (Å²) >= 11 is 0. The van der Waals surface area contributed by atoms with Gasteiger partial charge < -0.3 is 4.42 Å². The molecule has 0 amide bonds. The molecule has 1 aromatic heterocycles. The molecule has 0 fully saturated rings. The number of para-hydroxylation sites is 1. The SMILES string of the molecule is O=C(c1coc2ccccc12)C(N=Nc1ccc([N+](=O)[O-])cc1)[P+](c1ccccc1)(c1ccccc1)c1ccccc1. The molecular weight excluding hydrogens is 545 g/mol. The maximum absolute atomic E-state index is 14.9. The van der Waals surface area contributed by atoms with E-state index in [1.54, 1.807) is 0 Å². The summed E-state index contributed by atoms with van der Waals surface area (Å²) in [5.41, 5.74) is 1.38. The van der Waals surface area contributed by atoms with E-state index in [-0.39, 0.29) is 11.5 Å². The molecule has 0 spiro atoms. The first kappa shape index (κ1) is 26.9. The predicted octanol–water partition coefficient (Wildman–Crippen LogP) is 7.63.